The predicted octanol–water partition coefficient (Wildman–Crippen LogP) is 2.74. The summed E-state index contributed by atoms with van der Waals surface area (Å²) >= 11 is 0. The van der Waals surface area contributed by atoms with E-state index in [0.717, 1.165) is 25.8 Å². The molecule has 1 heterocycles. The highest BCUT2D eigenvalue weighted by atomic mass is 16.1. The number of hydrogen-bond donors (Lipinski definition) is 1. The van der Waals surface area contributed by atoms with Crippen molar-refractivity contribution in [3.63, 3.8) is 0 Å². The molecule has 20 heavy (non-hydrogen) atoms. The van der Waals surface area contributed by atoms with Crippen molar-refractivity contribution in [1.82, 2.24) is 20.3 Å². The Labute approximate surface area is 123 Å². The molecule has 0 saturated carbocycles. The normalized spacial score (nSPS) is 14.3. The molecular weight excluding hydrogens is 252 g/mol. The van der Waals surface area contributed by atoms with Crippen LogP contribution < -0.4 is 5.32 Å². The molecule has 0 atom stereocenters. The molecular formula is C15H30N4O. The monoisotopic (exact) mass is 282 g/mol. The maximum absolute atomic E-state index is 10.8. The van der Waals surface area contributed by atoms with Gasteiger partial charge in [0, 0.05) is 21.4 Å². The van der Waals surface area contributed by atoms with E-state index >= 15 is 0 Å². The van der Waals surface area contributed by atoms with Gasteiger partial charge in [-0.15, -0.1) is 5.10 Å². The zero-order chi connectivity index (χ0) is 14.8. The molecule has 0 fully saturated rings. The van der Waals surface area contributed by atoms with E-state index in [1.54, 1.807) is 6.92 Å². The van der Waals surface area contributed by atoms with Gasteiger partial charge < -0.3 is 5.32 Å². The van der Waals surface area contributed by atoms with Crippen LogP contribution in [0.25, 0.3) is 0 Å². The van der Waals surface area contributed by atoms with Crippen LogP contribution in [0.5, 0.6) is 0 Å². The number of aryl methyl sites for hydroxylation is 2. The maximum Gasteiger partial charge on any atom is 0.216 e. The van der Waals surface area contributed by atoms with Crippen LogP contribution in [0.1, 0.15) is 65.7 Å². The zero-order valence-corrected chi connectivity index (χ0v) is 13.1. The van der Waals surface area contributed by atoms with E-state index in [1.807, 2.05) is 18.5 Å². The van der Waals surface area contributed by atoms with E-state index in [1.165, 1.54) is 37.1 Å². The first-order valence-corrected chi connectivity index (χ1v) is 7.93. The molecule has 0 aromatic carbocycles. The lowest BCUT2D eigenvalue weighted by atomic mass is 10.0. The minimum Gasteiger partial charge on any atom is -0.356 e. The number of nitrogens with zero attached hydrogens (tertiary/aromatic N) is 3. The molecule has 1 amide bonds. The minimum atomic E-state index is 0. The molecule has 1 N–H and O–H groups in total. The summed E-state index contributed by atoms with van der Waals surface area (Å²) in [6.07, 6.45) is 8.19. The van der Waals surface area contributed by atoms with Crippen molar-refractivity contribution in [2.24, 2.45) is 0 Å². The summed E-state index contributed by atoms with van der Waals surface area (Å²) in [6.45, 7) is 7.11. The van der Waals surface area contributed by atoms with E-state index in [-0.39, 0.29) is 7.33 Å². The summed E-state index contributed by atoms with van der Waals surface area (Å²) in [5, 5.41) is 11.4. The lowest BCUT2D eigenvalue weighted by Crippen LogP contribution is -2.22. The number of carbonyl (C=O) groups is 1. The molecule has 5 heteroatoms. The SMILES string of the molecule is CC.CC(=O)NCCCn1nnc2c1CCCCCC2.[HH]. The van der Waals surface area contributed by atoms with Gasteiger partial charge in [-0.05, 0) is 32.1 Å². The third-order valence-electron chi connectivity index (χ3n) is 3.42. The standard InChI is InChI=1S/C13H22N4O.C2H6.H2/c1-11(18)14-9-6-10-17-13-8-5-3-2-4-7-12(13)15-16-17;1-2;/h2-10H2,1H3,(H,14,18);1-2H3;1H. The van der Waals surface area contributed by atoms with Crippen molar-refractivity contribution >= 4 is 5.91 Å². The summed E-state index contributed by atoms with van der Waals surface area (Å²) in [7, 11) is 0. The second-order valence-corrected chi connectivity index (χ2v) is 4.96. The molecule has 1 aliphatic rings. The van der Waals surface area contributed by atoms with Crippen molar-refractivity contribution < 1.29 is 6.22 Å². The Morgan fingerprint density at radius 3 is 2.65 bits per heavy atom. The number of rotatable bonds is 4. The van der Waals surface area contributed by atoms with Crippen molar-refractivity contribution in [3.05, 3.63) is 11.4 Å². The summed E-state index contributed by atoms with van der Waals surface area (Å²) in [4.78, 5) is 10.8. The van der Waals surface area contributed by atoms with E-state index < -0.39 is 0 Å². The summed E-state index contributed by atoms with van der Waals surface area (Å²) < 4.78 is 2.03. The van der Waals surface area contributed by atoms with E-state index in [0.29, 0.717) is 6.54 Å². The van der Waals surface area contributed by atoms with Crippen LogP contribution in [0.15, 0.2) is 0 Å². The number of fused-ring (bicyclic) bond motifs is 1. The Morgan fingerprint density at radius 1 is 1.25 bits per heavy atom. The van der Waals surface area contributed by atoms with Gasteiger partial charge >= 0.3 is 0 Å². The van der Waals surface area contributed by atoms with Crippen LogP contribution in [-0.4, -0.2) is 27.4 Å². The summed E-state index contributed by atoms with van der Waals surface area (Å²) in [6, 6.07) is 0. The van der Waals surface area contributed by atoms with E-state index in [2.05, 4.69) is 15.6 Å². The molecule has 0 spiro atoms. The summed E-state index contributed by atoms with van der Waals surface area (Å²) in [5.41, 5.74) is 2.51. The fourth-order valence-electron chi connectivity index (χ4n) is 2.45. The lowest BCUT2D eigenvalue weighted by molar-refractivity contribution is -0.118. The molecule has 2 rings (SSSR count). The molecule has 1 aromatic rings. The molecule has 5 nitrogen and oxygen atoms in total. The van der Waals surface area contributed by atoms with Gasteiger partial charge in [0.2, 0.25) is 5.91 Å². The van der Waals surface area contributed by atoms with Crippen LogP contribution in [0.4, 0.5) is 0 Å². The van der Waals surface area contributed by atoms with Gasteiger partial charge in [-0.25, -0.2) is 4.68 Å². The first kappa shape index (κ1) is 16.7. The van der Waals surface area contributed by atoms with Gasteiger partial charge in [0.05, 0.1) is 11.4 Å². The van der Waals surface area contributed by atoms with Gasteiger partial charge in [-0.1, -0.05) is 31.9 Å². The molecule has 0 bridgehead atoms. The number of nitrogens with one attached hydrogen (secondary N) is 1. The first-order chi connectivity index (χ1) is 9.77. The Morgan fingerprint density at radius 2 is 1.95 bits per heavy atom. The quantitative estimate of drug-likeness (QED) is 0.864. The Bertz CT molecular complexity index is 406. The largest absolute Gasteiger partial charge is 0.356 e. The molecule has 116 valence electrons. The highest BCUT2D eigenvalue weighted by Gasteiger charge is 2.14. The molecule has 1 aliphatic carbocycles. The second kappa shape index (κ2) is 9.50. The Hall–Kier alpha value is -1.39. The minimum absolute atomic E-state index is 0. The topological polar surface area (TPSA) is 59.8 Å². The number of carbonyl (C=O) groups excluding carboxylic acids is 1. The van der Waals surface area contributed by atoms with E-state index in [4.69, 9.17) is 0 Å². The first-order valence-electron chi connectivity index (χ1n) is 7.93. The second-order valence-electron chi connectivity index (χ2n) is 4.96. The van der Waals surface area contributed by atoms with Gasteiger partial charge in [0.25, 0.3) is 0 Å². The average molecular weight is 282 g/mol. The lowest BCUT2D eigenvalue weighted by Gasteiger charge is -2.11. The average Bonchev–Trinajstić information content (AvgIpc) is 2.78. The maximum atomic E-state index is 10.8. The molecule has 0 radical (unpaired) electrons. The number of amides is 1. The number of hydrogen-bond acceptors (Lipinski definition) is 3. The fraction of sp³-hybridized carbons (Fsp3) is 0.800. The molecule has 0 aliphatic heterocycles. The third-order valence-corrected chi connectivity index (χ3v) is 3.42. The highest BCUT2D eigenvalue weighted by Crippen LogP contribution is 2.18. The van der Waals surface area contributed by atoms with Gasteiger partial charge in [0.15, 0.2) is 0 Å². The van der Waals surface area contributed by atoms with Crippen LogP contribution in [-0.2, 0) is 24.2 Å². The number of aromatic nitrogens is 3. The van der Waals surface area contributed by atoms with Gasteiger partial charge in [0.1, 0.15) is 0 Å². The third kappa shape index (κ3) is 5.31. The van der Waals surface area contributed by atoms with Crippen molar-refractivity contribution in [3.8, 4) is 0 Å². The summed E-state index contributed by atoms with van der Waals surface area (Å²) in [5.74, 6) is 0.0314. The Kier molecular flexibility index (Phi) is 7.92. The van der Waals surface area contributed by atoms with Crippen LogP contribution in [0.3, 0.4) is 0 Å². The van der Waals surface area contributed by atoms with Gasteiger partial charge in [-0.2, -0.15) is 0 Å². The van der Waals surface area contributed by atoms with Crippen LogP contribution in [0, 0.1) is 0 Å². The van der Waals surface area contributed by atoms with Gasteiger partial charge in [-0.3, -0.25) is 4.79 Å². The molecule has 0 saturated heterocycles. The van der Waals surface area contributed by atoms with Crippen LogP contribution in [0.2, 0.25) is 0 Å². The van der Waals surface area contributed by atoms with Crippen LogP contribution >= 0.6 is 0 Å². The zero-order valence-electron chi connectivity index (χ0n) is 13.1. The van der Waals surface area contributed by atoms with Crippen molar-refractivity contribution in [2.45, 2.75) is 72.3 Å². The molecule has 0 unspecified atom stereocenters. The molecule has 1 aromatic heterocycles. The predicted molar refractivity (Wildman–Crippen MR) is 82.7 cm³/mol. The van der Waals surface area contributed by atoms with Crippen molar-refractivity contribution in [1.29, 1.82) is 0 Å². The highest BCUT2D eigenvalue weighted by molar-refractivity contribution is 5.72. The smallest absolute Gasteiger partial charge is 0.216 e. The van der Waals surface area contributed by atoms with E-state index in [9.17, 15) is 4.79 Å². The van der Waals surface area contributed by atoms with Crippen molar-refractivity contribution in [2.75, 3.05) is 6.54 Å². The fourth-order valence-corrected chi connectivity index (χ4v) is 2.45. The Balaban J connectivity index is 0.00000128.